The molecule has 0 spiro atoms. The molecule has 1 fully saturated rings. The quantitative estimate of drug-likeness (QED) is 0.926. The molecule has 2 rings (SSSR count). The minimum absolute atomic E-state index is 0.180. The molecular formula is C17H23NO3. The van der Waals surface area contributed by atoms with E-state index in [2.05, 4.69) is 13.8 Å². The average Bonchev–Trinajstić information content (AvgIpc) is 2.62. The van der Waals surface area contributed by atoms with E-state index in [1.807, 2.05) is 11.0 Å². The molecule has 1 aliphatic rings. The smallest absolute Gasteiger partial charge is 0.335 e. The van der Waals surface area contributed by atoms with Crippen LogP contribution >= 0.6 is 0 Å². The molecule has 1 N–H and O–H groups in total. The molecule has 1 heterocycles. The summed E-state index contributed by atoms with van der Waals surface area (Å²) in [6.45, 7) is 5.69. The third-order valence-corrected chi connectivity index (χ3v) is 4.34. The summed E-state index contributed by atoms with van der Waals surface area (Å²) in [6, 6.07) is 6.84. The minimum atomic E-state index is -0.932. The predicted octanol–water partition coefficient (Wildman–Crippen LogP) is 3.17. The topological polar surface area (TPSA) is 57.6 Å². The van der Waals surface area contributed by atoms with Crippen molar-refractivity contribution in [2.24, 2.45) is 11.8 Å². The van der Waals surface area contributed by atoms with E-state index in [0.29, 0.717) is 24.8 Å². The second-order valence-corrected chi connectivity index (χ2v) is 6.15. The van der Waals surface area contributed by atoms with Gasteiger partial charge < -0.3 is 10.0 Å². The molecule has 21 heavy (non-hydrogen) atoms. The number of carbonyl (C=O) groups is 2. The van der Waals surface area contributed by atoms with Crippen LogP contribution in [0.2, 0.25) is 0 Å². The second-order valence-electron chi connectivity index (χ2n) is 6.15. The Morgan fingerprint density at radius 2 is 2.14 bits per heavy atom. The zero-order valence-electron chi connectivity index (χ0n) is 12.7. The number of carboxylic acid groups (broad SMARTS) is 1. The molecule has 0 aliphatic carbocycles. The number of amides is 1. The van der Waals surface area contributed by atoms with Crippen LogP contribution < -0.4 is 0 Å². The Morgan fingerprint density at radius 3 is 2.81 bits per heavy atom. The van der Waals surface area contributed by atoms with E-state index in [9.17, 15) is 9.59 Å². The summed E-state index contributed by atoms with van der Waals surface area (Å²) in [5, 5.41) is 9.03. The van der Waals surface area contributed by atoms with Gasteiger partial charge in [0.15, 0.2) is 0 Å². The second kappa shape index (κ2) is 6.74. The molecule has 0 aromatic heterocycles. The van der Waals surface area contributed by atoms with Crippen LogP contribution in [0, 0.1) is 11.8 Å². The molecule has 1 amide bonds. The van der Waals surface area contributed by atoms with E-state index in [1.54, 1.807) is 18.2 Å². The van der Waals surface area contributed by atoms with E-state index in [-0.39, 0.29) is 11.5 Å². The summed E-state index contributed by atoms with van der Waals surface area (Å²) in [5.74, 6) is 0.454. The van der Waals surface area contributed by atoms with Crippen molar-refractivity contribution in [2.75, 3.05) is 6.54 Å². The maximum absolute atomic E-state index is 12.2. The largest absolute Gasteiger partial charge is 0.478 e. The average molecular weight is 289 g/mol. The first-order chi connectivity index (χ1) is 9.97. The molecule has 0 radical (unpaired) electrons. The zero-order valence-corrected chi connectivity index (χ0v) is 12.7. The molecule has 4 nitrogen and oxygen atoms in total. The van der Waals surface area contributed by atoms with Gasteiger partial charge in [-0.15, -0.1) is 0 Å². The van der Waals surface area contributed by atoms with E-state index in [0.717, 1.165) is 24.9 Å². The number of carboxylic acids is 1. The number of hydrogen-bond donors (Lipinski definition) is 1. The Labute approximate surface area is 125 Å². The van der Waals surface area contributed by atoms with E-state index >= 15 is 0 Å². The van der Waals surface area contributed by atoms with E-state index < -0.39 is 5.97 Å². The van der Waals surface area contributed by atoms with Crippen molar-refractivity contribution in [3.05, 3.63) is 35.4 Å². The van der Waals surface area contributed by atoms with Gasteiger partial charge in [-0.25, -0.2) is 4.79 Å². The highest BCUT2D eigenvalue weighted by molar-refractivity contribution is 5.87. The fourth-order valence-corrected chi connectivity index (χ4v) is 2.91. The van der Waals surface area contributed by atoms with Crippen LogP contribution in [-0.4, -0.2) is 28.4 Å². The highest BCUT2D eigenvalue weighted by Gasteiger charge is 2.24. The first-order valence-corrected chi connectivity index (χ1v) is 7.57. The molecule has 1 aromatic rings. The van der Waals surface area contributed by atoms with Crippen molar-refractivity contribution in [2.45, 2.75) is 39.7 Å². The van der Waals surface area contributed by atoms with Crippen molar-refractivity contribution < 1.29 is 14.7 Å². The summed E-state index contributed by atoms with van der Waals surface area (Å²) in [7, 11) is 0. The standard InChI is InChI=1S/C17H23NO3/c1-12(2)14-6-7-16(19)18(9-8-14)11-13-4-3-5-15(10-13)17(20)21/h3-5,10,12,14H,6-9,11H2,1-2H3,(H,20,21). The Morgan fingerprint density at radius 1 is 1.38 bits per heavy atom. The molecule has 1 saturated heterocycles. The summed E-state index contributed by atoms with van der Waals surface area (Å²) in [4.78, 5) is 25.1. The summed E-state index contributed by atoms with van der Waals surface area (Å²) in [6.07, 6.45) is 2.59. The van der Waals surface area contributed by atoms with Crippen molar-refractivity contribution in [1.29, 1.82) is 0 Å². The molecule has 0 bridgehead atoms. The number of rotatable bonds is 4. The maximum atomic E-state index is 12.2. The van der Waals surface area contributed by atoms with Crippen LogP contribution in [0.4, 0.5) is 0 Å². The lowest BCUT2D eigenvalue weighted by molar-refractivity contribution is -0.131. The van der Waals surface area contributed by atoms with Crippen LogP contribution in [0.1, 0.15) is 49.0 Å². The van der Waals surface area contributed by atoms with Crippen LogP contribution in [0.5, 0.6) is 0 Å². The van der Waals surface area contributed by atoms with Crippen molar-refractivity contribution >= 4 is 11.9 Å². The molecular weight excluding hydrogens is 266 g/mol. The van der Waals surface area contributed by atoms with Gasteiger partial charge in [0.05, 0.1) is 5.56 Å². The van der Waals surface area contributed by atoms with Crippen LogP contribution in [-0.2, 0) is 11.3 Å². The summed E-state index contributed by atoms with van der Waals surface area (Å²) >= 11 is 0. The van der Waals surface area contributed by atoms with Gasteiger partial charge in [0.2, 0.25) is 5.91 Å². The fourth-order valence-electron chi connectivity index (χ4n) is 2.91. The van der Waals surface area contributed by atoms with Gasteiger partial charge in [-0.1, -0.05) is 26.0 Å². The lowest BCUT2D eigenvalue weighted by Crippen LogP contribution is -2.30. The SMILES string of the molecule is CC(C)C1CCC(=O)N(Cc2cccc(C(=O)O)c2)CC1. The number of aromatic carboxylic acids is 1. The first kappa shape index (κ1) is 15.5. The molecule has 1 aromatic carbocycles. The van der Waals surface area contributed by atoms with Crippen molar-refractivity contribution in [3.8, 4) is 0 Å². The molecule has 114 valence electrons. The van der Waals surface area contributed by atoms with Gasteiger partial charge in [0, 0.05) is 19.5 Å². The van der Waals surface area contributed by atoms with Crippen molar-refractivity contribution in [1.82, 2.24) is 4.90 Å². The number of benzene rings is 1. The molecule has 1 unspecified atom stereocenters. The summed E-state index contributed by atoms with van der Waals surface area (Å²) < 4.78 is 0. The number of nitrogens with zero attached hydrogens (tertiary/aromatic N) is 1. The Balaban J connectivity index is 2.06. The van der Waals surface area contributed by atoms with Crippen LogP contribution in [0.15, 0.2) is 24.3 Å². The highest BCUT2D eigenvalue weighted by atomic mass is 16.4. The van der Waals surface area contributed by atoms with Gasteiger partial charge in [0.1, 0.15) is 0 Å². The predicted molar refractivity (Wildman–Crippen MR) is 81.0 cm³/mol. The normalized spacial score (nSPS) is 19.7. The molecule has 4 heteroatoms. The first-order valence-electron chi connectivity index (χ1n) is 7.57. The zero-order chi connectivity index (χ0) is 15.4. The van der Waals surface area contributed by atoms with Gasteiger partial charge in [-0.05, 0) is 42.4 Å². The van der Waals surface area contributed by atoms with Gasteiger partial charge >= 0.3 is 5.97 Å². The summed E-state index contributed by atoms with van der Waals surface area (Å²) in [5.41, 5.74) is 1.15. The number of hydrogen-bond acceptors (Lipinski definition) is 2. The maximum Gasteiger partial charge on any atom is 0.335 e. The Kier molecular flexibility index (Phi) is 4.99. The molecule has 1 atom stereocenters. The molecule has 1 aliphatic heterocycles. The lowest BCUT2D eigenvalue weighted by atomic mass is 9.89. The Bertz CT molecular complexity index is 525. The Hall–Kier alpha value is -1.84. The minimum Gasteiger partial charge on any atom is -0.478 e. The monoisotopic (exact) mass is 289 g/mol. The lowest BCUT2D eigenvalue weighted by Gasteiger charge is -2.22. The van der Waals surface area contributed by atoms with E-state index in [1.165, 1.54) is 0 Å². The third-order valence-electron chi connectivity index (χ3n) is 4.34. The van der Waals surface area contributed by atoms with Crippen molar-refractivity contribution in [3.63, 3.8) is 0 Å². The van der Waals surface area contributed by atoms with Gasteiger partial charge in [-0.2, -0.15) is 0 Å². The van der Waals surface area contributed by atoms with Gasteiger partial charge in [-0.3, -0.25) is 4.79 Å². The number of carbonyl (C=O) groups excluding carboxylic acids is 1. The third kappa shape index (κ3) is 4.06. The highest BCUT2D eigenvalue weighted by Crippen LogP contribution is 2.26. The molecule has 0 saturated carbocycles. The number of likely N-dealkylation sites (tertiary alicyclic amines) is 1. The van der Waals surface area contributed by atoms with Crippen LogP contribution in [0.25, 0.3) is 0 Å². The fraction of sp³-hybridized carbons (Fsp3) is 0.529. The van der Waals surface area contributed by atoms with Crippen LogP contribution in [0.3, 0.4) is 0 Å². The van der Waals surface area contributed by atoms with Gasteiger partial charge in [0.25, 0.3) is 0 Å². The van der Waals surface area contributed by atoms with E-state index in [4.69, 9.17) is 5.11 Å².